The zero-order chi connectivity index (χ0) is 15.0. The number of carbonyl (C=O) groups excluding carboxylic acids is 1. The fourth-order valence-electron chi connectivity index (χ4n) is 2.42. The summed E-state index contributed by atoms with van der Waals surface area (Å²) in [5.41, 5.74) is 8.06. The predicted octanol–water partition coefficient (Wildman–Crippen LogP) is 3.11. The van der Waals surface area contributed by atoms with Gasteiger partial charge in [-0.3, -0.25) is 4.79 Å². The summed E-state index contributed by atoms with van der Waals surface area (Å²) in [6, 6.07) is 3.63. The quantitative estimate of drug-likeness (QED) is 0.912. The van der Waals surface area contributed by atoms with Gasteiger partial charge in [-0.1, -0.05) is 23.2 Å². The van der Waals surface area contributed by atoms with Crippen LogP contribution in [0.1, 0.15) is 26.6 Å². The van der Waals surface area contributed by atoms with Crippen molar-refractivity contribution in [2.75, 3.05) is 6.54 Å². The first kappa shape index (κ1) is 14.8. The van der Waals surface area contributed by atoms with Crippen LogP contribution in [-0.2, 0) is 19.5 Å². The van der Waals surface area contributed by atoms with Crippen molar-refractivity contribution in [1.29, 1.82) is 0 Å². The first-order valence-electron chi connectivity index (χ1n) is 6.49. The lowest BCUT2D eigenvalue weighted by Gasteiger charge is -2.29. The van der Waals surface area contributed by atoms with Crippen LogP contribution >= 0.6 is 34.5 Å². The van der Waals surface area contributed by atoms with Gasteiger partial charge in [0.15, 0.2) is 0 Å². The first-order valence-corrected chi connectivity index (χ1v) is 8.12. The van der Waals surface area contributed by atoms with Crippen molar-refractivity contribution < 1.29 is 4.79 Å². The van der Waals surface area contributed by atoms with E-state index in [1.807, 2.05) is 6.07 Å². The molecule has 1 aromatic carbocycles. The third-order valence-corrected chi connectivity index (χ3v) is 4.91. The lowest BCUT2D eigenvalue weighted by molar-refractivity contribution is 0.0729. The fourth-order valence-corrected chi connectivity index (χ4v) is 3.66. The lowest BCUT2D eigenvalue weighted by Crippen LogP contribution is -2.36. The average molecular weight is 342 g/mol. The van der Waals surface area contributed by atoms with Crippen LogP contribution in [0.3, 0.4) is 0 Å². The molecule has 110 valence electrons. The number of halogens is 2. The number of aromatic nitrogens is 1. The van der Waals surface area contributed by atoms with E-state index in [4.69, 9.17) is 28.9 Å². The minimum Gasteiger partial charge on any atom is -0.333 e. The number of carbonyl (C=O) groups is 1. The van der Waals surface area contributed by atoms with Gasteiger partial charge in [0, 0.05) is 35.1 Å². The maximum atomic E-state index is 12.5. The molecule has 7 heteroatoms. The van der Waals surface area contributed by atoms with Gasteiger partial charge in [0.05, 0.1) is 0 Å². The van der Waals surface area contributed by atoms with E-state index in [0.29, 0.717) is 35.4 Å². The highest BCUT2D eigenvalue weighted by Crippen LogP contribution is 2.30. The van der Waals surface area contributed by atoms with E-state index in [-0.39, 0.29) is 5.91 Å². The van der Waals surface area contributed by atoms with E-state index in [9.17, 15) is 4.79 Å². The topological polar surface area (TPSA) is 59.2 Å². The molecule has 1 aliphatic heterocycles. The van der Waals surface area contributed by atoms with E-state index >= 15 is 0 Å². The minimum atomic E-state index is -0.0809. The van der Waals surface area contributed by atoms with Crippen LogP contribution in [0.25, 0.3) is 0 Å². The number of fused-ring (bicyclic) bond motifs is 1. The summed E-state index contributed by atoms with van der Waals surface area (Å²) < 4.78 is 0. The number of benzene rings is 1. The molecule has 21 heavy (non-hydrogen) atoms. The Morgan fingerprint density at radius 1 is 1.43 bits per heavy atom. The van der Waals surface area contributed by atoms with Crippen molar-refractivity contribution in [2.45, 2.75) is 19.5 Å². The molecule has 2 heterocycles. The second-order valence-corrected chi connectivity index (χ2v) is 6.62. The standard InChI is InChI=1S/C14H13Cl2N3OS/c15-9-3-8-1-2-19(6-10(8)11(16)4-9)14(20)12-7-21-13(5-17)18-12/h3-4,7H,1-2,5-6,17H2. The molecule has 0 spiro atoms. The van der Waals surface area contributed by atoms with Crippen LogP contribution in [0.4, 0.5) is 0 Å². The molecule has 0 saturated heterocycles. The number of nitrogens with two attached hydrogens (primary N) is 1. The molecule has 1 aromatic heterocycles. The molecule has 0 fully saturated rings. The van der Waals surface area contributed by atoms with Crippen LogP contribution in [0.2, 0.25) is 10.0 Å². The number of nitrogens with zero attached hydrogens (tertiary/aromatic N) is 2. The van der Waals surface area contributed by atoms with Gasteiger partial charge in [-0.15, -0.1) is 11.3 Å². The molecule has 3 rings (SSSR count). The molecule has 0 saturated carbocycles. The number of hydrogen-bond acceptors (Lipinski definition) is 4. The molecule has 0 radical (unpaired) electrons. The molecule has 0 atom stereocenters. The zero-order valence-corrected chi connectivity index (χ0v) is 13.4. The van der Waals surface area contributed by atoms with Gasteiger partial charge in [-0.25, -0.2) is 4.98 Å². The Bertz CT molecular complexity index is 702. The number of rotatable bonds is 2. The van der Waals surface area contributed by atoms with Gasteiger partial charge in [-0.2, -0.15) is 0 Å². The summed E-state index contributed by atoms with van der Waals surface area (Å²) in [6.07, 6.45) is 0.745. The van der Waals surface area contributed by atoms with Crippen molar-refractivity contribution in [3.05, 3.63) is 49.4 Å². The predicted molar refractivity (Wildman–Crippen MR) is 84.9 cm³/mol. The SMILES string of the molecule is NCc1nc(C(=O)N2CCc3cc(Cl)cc(Cl)c3C2)cs1. The third-order valence-electron chi connectivity index (χ3n) is 3.49. The second-order valence-electron chi connectivity index (χ2n) is 4.83. The molecule has 0 bridgehead atoms. The molecule has 0 aliphatic carbocycles. The van der Waals surface area contributed by atoms with Crippen molar-refractivity contribution in [1.82, 2.24) is 9.88 Å². The van der Waals surface area contributed by atoms with E-state index in [1.54, 1.807) is 16.3 Å². The smallest absolute Gasteiger partial charge is 0.273 e. The van der Waals surface area contributed by atoms with Gasteiger partial charge in [-0.05, 0) is 29.7 Å². The highest BCUT2D eigenvalue weighted by Gasteiger charge is 2.25. The highest BCUT2D eigenvalue weighted by molar-refractivity contribution is 7.09. The fraction of sp³-hybridized carbons (Fsp3) is 0.286. The van der Waals surface area contributed by atoms with Gasteiger partial charge >= 0.3 is 0 Å². The van der Waals surface area contributed by atoms with Crippen LogP contribution in [0, 0.1) is 0 Å². The van der Waals surface area contributed by atoms with Gasteiger partial charge in [0.1, 0.15) is 10.7 Å². The Morgan fingerprint density at radius 2 is 2.24 bits per heavy atom. The number of hydrogen-bond donors (Lipinski definition) is 1. The summed E-state index contributed by atoms with van der Waals surface area (Å²) in [5.74, 6) is -0.0809. The van der Waals surface area contributed by atoms with Gasteiger partial charge < -0.3 is 10.6 Å². The normalized spacial score (nSPS) is 14.1. The molecule has 1 amide bonds. The Morgan fingerprint density at radius 3 is 2.95 bits per heavy atom. The van der Waals surface area contributed by atoms with Crippen molar-refractivity contribution in [3.8, 4) is 0 Å². The third kappa shape index (κ3) is 2.92. The molecular formula is C14H13Cl2N3OS. The second kappa shape index (κ2) is 5.93. The van der Waals surface area contributed by atoms with Crippen molar-refractivity contribution in [2.24, 2.45) is 5.73 Å². The number of thiazole rings is 1. The van der Waals surface area contributed by atoms with Crippen LogP contribution in [0.5, 0.6) is 0 Å². The Balaban J connectivity index is 1.84. The minimum absolute atomic E-state index is 0.0809. The summed E-state index contributed by atoms with van der Waals surface area (Å²) in [7, 11) is 0. The van der Waals surface area contributed by atoms with Crippen molar-refractivity contribution >= 4 is 40.4 Å². The largest absolute Gasteiger partial charge is 0.333 e. The highest BCUT2D eigenvalue weighted by atomic mass is 35.5. The molecule has 4 nitrogen and oxygen atoms in total. The maximum Gasteiger partial charge on any atom is 0.273 e. The molecule has 2 aromatic rings. The zero-order valence-electron chi connectivity index (χ0n) is 11.1. The lowest BCUT2D eigenvalue weighted by atomic mass is 9.99. The van der Waals surface area contributed by atoms with E-state index in [2.05, 4.69) is 4.98 Å². The Kier molecular flexibility index (Phi) is 4.17. The first-order chi connectivity index (χ1) is 10.1. The molecule has 1 aliphatic rings. The van der Waals surface area contributed by atoms with Crippen LogP contribution in [-0.4, -0.2) is 22.3 Å². The van der Waals surface area contributed by atoms with Crippen molar-refractivity contribution in [3.63, 3.8) is 0 Å². The summed E-state index contributed by atoms with van der Waals surface area (Å²) in [5, 5.41) is 3.76. The Labute approximate surface area is 136 Å². The summed E-state index contributed by atoms with van der Waals surface area (Å²) in [6.45, 7) is 1.47. The molecule has 0 unspecified atom stereocenters. The average Bonchev–Trinajstić information content (AvgIpc) is 2.95. The summed E-state index contributed by atoms with van der Waals surface area (Å²) in [4.78, 5) is 18.5. The maximum absolute atomic E-state index is 12.5. The molecule has 2 N–H and O–H groups in total. The van der Waals surface area contributed by atoms with Crippen LogP contribution in [0.15, 0.2) is 17.5 Å². The van der Waals surface area contributed by atoms with Gasteiger partial charge in [0.25, 0.3) is 5.91 Å². The van der Waals surface area contributed by atoms with Crippen LogP contribution < -0.4 is 5.73 Å². The van der Waals surface area contributed by atoms with Gasteiger partial charge in [0.2, 0.25) is 0 Å². The molecular weight excluding hydrogens is 329 g/mol. The summed E-state index contributed by atoms with van der Waals surface area (Å²) >= 11 is 13.7. The number of amides is 1. The monoisotopic (exact) mass is 341 g/mol. The van der Waals surface area contributed by atoms with E-state index in [0.717, 1.165) is 22.6 Å². The Hall–Kier alpha value is -1.14. The van der Waals surface area contributed by atoms with E-state index in [1.165, 1.54) is 11.3 Å². The van der Waals surface area contributed by atoms with E-state index < -0.39 is 0 Å².